The zero-order valence-corrected chi connectivity index (χ0v) is 20.9. The number of aromatic nitrogens is 2. The van der Waals surface area contributed by atoms with Crippen LogP contribution in [0.5, 0.6) is 5.75 Å². The van der Waals surface area contributed by atoms with Crippen LogP contribution in [0, 0.1) is 6.92 Å². The summed E-state index contributed by atoms with van der Waals surface area (Å²) in [4.78, 5) is 11.5. The fraction of sp³-hybridized carbons (Fsp3) is 0.360. The Morgan fingerprint density at radius 1 is 1.09 bits per heavy atom. The Bertz CT molecular complexity index is 1080. The molecule has 0 atom stereocenters. The van der Waals surface area contributed by atoms with E-state index in [-0.39, 0.29) is 6.10 Å². The molecule has 3 N–H and O–H groups in total. The van der Waals surface area contributed by atoms with Crippen LogP contribution in [-0.2, 0) is 6.54 Å². The van der Waals surface area contributed by atoms with E-state index in [1.165, 1.54) is 0 Å². The molecule has 8 heteroatoms. The van der Waals surface area contributed by atoms with Gasteiger partial charge in [-0.1, -0.05) is 18.2 Å². The number of anilines is 4. The normalized spacial score (nSPS) is 14.8. The second kappa shape index (κ2) is 11.0. The van der Waals surface area contributed by atoms with E-state index >= 15 is 0 Å². The van der Waals surface area contributed by atoms with Crippen molar-refractivity contribution in [2.75, 3.05) is 37.8 Å². The summed E-state index contributed by atoms with van der Waals surface area (Å²) in [5.41, 5.74) is 4.20. The molecule has 7 nitrogen and oxygen atoms in total. The Labute approximate surface area is 204 Å². The van der Waals surface area contributed by atoms with Gasteiger partial charge < -0.3 is 25.6 Å². The second-order valence-electron chi connectivity index (χ2n) is 8.42. The molecule has 1 fully saturated rings. The number of ether oxygens (including phenoxy) is 1. The minimum Gasteiger partial charge on any atom is -0.490 e. The number of para-hydroxylation sites is 1. The summed E-state index contributed by atoms with van der Waals surface area (Å²) in [6, 6.07) is 14.3. The fourth-order valence-electron chi connectivity index (χ4n) is 3.89. The van der Waals surface area contributed by atoms with Crippen molar-refractivity contribution in [2.45, 2.75) is 32.4 Å². The summed E-state index contributed by atoms with van der Waals surface area (Å²) >= 11 is 3.56. The fourth-order valence-corrected chi connectivity index (χ4v) is 4.18. The van der Waals surface area contributed by atoms with E-state index in [0.29, 0.717) is 11.8 Å². The molecule has 0 spiro atoms. The number of benzene rings is 2. The van der Waals surface area contributed by atoms with Gasteiger partial charge in [0.05, 0.1) is 4.47 Å². The average Bonchev–Trinajstić information content (AvgIpc) is 2.81. The third kappa shape index (κ3) is 6.22. The van der Waals surface area contributed by atoms with Crippen LogP contribution in [0.3, 0.4) is 0 Å². The van der Waals surface area contributed by atoms with Gasteiger partial charge in [0, 0.05) is 37.2 Å². The predicted molar refractivity (Wildman–Crippen MR) is 138 cm³/mol. The van der Waals surface area contributed by atoms with Crippen molar-refractivity contribution < 1.29 is 4.74 Å². The van der Waals surface area contributed by atoms with Gasteiger partial charge in [-0.05, 0) is 85.2 Å². The zero-order valence-electron chi connectivity index (χ0n) is 19.4. The largest absolute Gasteiger partial charge is 0.490 e. The molecule has 0 unspecified atom stereocenters. The number of halogens is 1. The minimum absolute atomic E-state index is 0.286. The van der Waals surface area contributed by atoms with Crippen molar-refractivity contribution in [3.8, 4) is 5.75 Å². The summed E-state index contributed by atoms with van der Waals surface area (Å²) in [7, 11) is 4.10. The molecular formula is C25H31BrN6O. The minimum atomic E-state index is 0.286. The molecule has 0 saturated carbocycles. The first-order chi connectivity index (χ1) is 16.0. The van der Waals surface area contributed by atoms with Gasteiger partial charge in [-0.15, -0.1) is 0 Å². The van der Waals surface area contributed by atoms with Crippen LogP contribution in [0.2, 0.25) is 0 Å². The number of rotatable bonds is 8. The highest BCUT2D eigenvalue weighted by atomic mass is 79.9. The lowest BCUT2D eigenvalue weighted by atomic mass is 10.1. The Balaban J connectivity index is 1.46. The number of hydrogen-bond acceptors (Lipinski definition) is 7. The summed E-state index contributed by atoms with van der Waals surface area (Å²) in [5, 5.41) is 9.97. The summed E-state index contributed by atoms with van der Waals surface area (Å²) in [6.07, 6.45) is 4.17. The number of nitrogens with one attached hydrogen (secondary N) is 3. The van der Waals surface area contributed by atoms with Crippen LogP contribution in [0.4, 0.5) is 23.1 Å². The smallest absolute Gasteiger partial charge is 0.229 e. The van der Waals surface area contributed by atoms with Gasteiger partial charge in [-0.2, -0.15) is 4.98 Å². The lowest BCUT2D eigenvalue weighted by molar-refractivity contribution is 0.114. The molecule has 0 bridgehead atoms. The number of piperidine rings is 1. The van der Waals surface area contributed by atoms with Gasteiger partial charge in [0.2, 0.25) is 5.95 Å². The molecule has 0 amide bonds. The molecule has 33 heavy (non-hydrogen) atoms. The van der Waals surface area contributed by atoms with Crippen LogP contribution in [0.25, 0.3) is 0 Å². The first-order valence-electron chi connectivity index (χ1n) is 11.3. The highest BCUT2D eigenvalue weighted by Gasteiger charge is 2.18. The van der Waals surface area contributed by atoms with E-state index < -0.39 is 0 Å². The molecule has 1 aliphatic heterocycles. The summed E-state index contributed by atoms with van der Waals surface area (Å²) in [5.74, 6) is 2.14. The lowest BCUT2D eigenvalue weighted by Gasteiger charge is -2.29. The summed E-state index contributed by atoms with van der Waals surface area (Å²) in [6.45, 7) is 5.00. The van der Waals surface area contributed by atoms with Crippen molar-refractivity contribution in [3.63, 3.8) is 0 Å². The highest BCUT2D eigenvalue weighted by Crippen LogP contribution is 2.29. The average molecular weight is 511 g/mol. The number of hydrogen-bond donors (Lipinski definition) is 3. The van der Waals surface area contributed by atoms with Gasteiger partial charge in [0.15, 0.2) is 0 Å². The van der Waals surface area contributed by atoms with Gasteiger partial charge in [0.1, 0.15) is 17.7 Å². The van der Waals surface area contributed by atoms with Crippen molar-refractivity contribution in [2.24, 2.45) is 0 Å². The first-order valence-corrected chi connectivity index (χ1v) is 12.1. The third-order valence-corrected chi connectivity index (χ3v) is 6.37. The van der Waals surface area contributed by atoms with Crippen molar-refractivity contribution in [1.82, 2.24) is 20.2 Å². The van der Waals surface area contributed by atoms with Crippen molar-refractivity contribution in [1.29, 1.82) is 0 Å². The maximum atomic E-state index is 6.21. The van der Waals surface area contributed by atoms with Gasteiger partial charge in [0.25, 0.3) is 0 Å². The molecule has 2 heterocycles. The van der Waals surface area contributed by atoms with Gasteiger partial charge in [-0.3, -0.25) is 0 Å². The van der Waals surface area contributed by atoms with Crippen LogP contribution in [0.1, 0.15) is 24.0 Å². The van der Waals surface area contributed by atoms with Crippen molar-refractivity contribution >= 4 is 39.1 Å². The van der Waals surface area contributed by atoms with Crippen LogP contribution >= 0.6 is 15.9 Å². The molecule has 0 aliphatic carbocycles. The van der Waals surface area contributed by atoms with Crippen LogP contribution in [0.15, 0.2) is 53.1 Å². The maximum Gasteiger partial charge on any atom is 0.229 e. The number of nitrogens with zero attached hydrogens (tertiary/aromatic N) is 3. The lowest BCUT2D eigenvalue weighted by Crippen LogP contribution is -2.35. The summed E-state index contributed by atoms with van der Waals surface area (Å²) < 4.78 is 7.01. The standard InChI is InChI=1S/C25H31BrN6O/c1-17-14-20(33-19-10-12-32(3)13-11-19)8-9-22(17)30-25-28-16-21(26)24(31-25)29-23-7-5-4-6-18(23)15-27-2/h4-9,14,16,19,27H,10-13,15H2,1-3H3,(H2,28,29,30,31). The maximum absolute atomic E-state index is 6.21. The Morgan fingerprint density at radius 3 is 2.64 bits per heavy atom. The molecule has 4 rings (SSSR count). The second-order valence-corrected chi connectivity index (χ2v) is 9.28. The molecule has 2 aromatic carbocycles. The quantitative estimate of drug-likeness (QED) is 0.383. The first kappa shape index (κ1) is 23.5. The van der Waals surface area contributed by atoms with Crippen LogP contribution in [-0.4, -0.2) is 48.2 Å². The molecule has 3 aromatic rings. The number of aryl methyl sites for hydroxylation is 1. The van der Waals surface area contributed by atoms with Crippen LogP contribution < -0.4 is 20.7 Å². The van der Waals surface area contributed by atoms with E-state index in [1.54, 1.807) is 6.20 Å². The monoisotopic (exact) mass is 510 g/mol. The zero-order chi connectivity index (χ0) is 23.2. The van der Waals surface area contributed by atoms with E-state index in [4.69, 9.17) is 9.72 Å². The predicted octanol–water partition coefficient (Wildman–Crippen LogP) is 5.23. The van der Waals surface area contributed by atoms with Gasteiger partial charge >= 0.3 is 0 Å². The molecular weight excluding hydrogens is 480 g/mol. The Kier molecular flexibility index (Phi) is 7.80. The molecule has 1 saturated heterocycles. The molecule has 1 aliphatic rings. The topological polar surface area (TPSA) is 74.3 Å². The molecule has 0 radical (unpaired) electrons. The van der Waals surface area contributed by atoms with E-state index in [1.807, 2.05) is 37.4 Å². The Hall–Kier alpha value is -2.68. The molecule has 174 valence electrons. The third-order valence-electron chi connectivity index (χ3n) is 5.79. The SMILES string of the molecule is CNCc1ccccc1Nc1nc(Nc2ccc(OC3CCN(C)CC3)cc2C)ncc1Br. The van der Waals surface area contributed by atoms with E-state index in [9.17, 15) is 0 Å². The van der Waals surface area contributed by atoms with Crippen molar-refractivity contribution in [3.05, 3.63) is 64.3 Å². The Morgan fingerprint density at radius 2 is 1.88 bits per heavy atom. The number of likely N-dealkylation sites (tertiary alicyclic amines) is 1. The van der Waals surface area contributed by atoms with E-state index in [2.05, 4.69) is 67.9 Å². The highest BCUT2D eigenvalue weighted by molar-refractivity contribution is 9.10. The molecule has 1 aromatic heterocycles. The van der Waals surface area contributed by atoms with Gasteiger partial charge in [-0.25, -0.2) is 4.98 Å². The van der Waals surface area contributed by atoms with E-state index in [0.717, 1.165) is 65.2 Å².